The van der Waals surface area contributed by atoms with Gasteiger partial charge in [-0.3, -0.25) is 4.79 Å². The highest BCUT2D eigenvalue weighted by atomic mass is 32.1. The van der Waals surface area contributed by atoms with Crippen molar-refractivity contribution >= 4 is 17.1 Å². The van der Waals surface area contributed by atoms with Crippen molar-refractivity contribution in [3.05, 3.63) is 21.9 Å². The Bertz CT molecular complexity index is 397. The van der Waals surface area contributed by atoms with Crippen molar-refractivity contribution in [2.75, 3.05) is 13.1 Å². The van der Waals surface area contributed by atoms with E-state index in [1.807, 2.05) is 6.07 Å². The van der Waals surface area contributed by atoms with E-state index in [1.54, 1.807) is 11.3 Å². The van der Waals surface area contributed by atoms with Crippen LogP contribution in [0.2, 0.25) is 0 Å². The van der Waals surface area contributed by atoms with E-state index in [4.69, 9.17) is 0 Å². The summed E-state index contributed by atoms with van der Waals surface area (Å²) in [5.41, 5.74) is 0.147. The number of thiophene rings is 1. The van der Waals surface area contributed by atoms with Gasteiger partial charge in [-0.2, -0.15) is 0 Å². The van der Waals surface area contributed by atoms with Crippen LogP contribution in [0, 0.1) is 5.92 Å². The second-order valence-electron chi connectivity index (χ2n) is 5.82. The number of carbonyl (C=O) groups excluding carboxylic acids is 1. The second-order valence-corrected chi connectivity index (χ2v) is 6.91. The highest BCUT2D eigenvalue weighted by Gasteiger charge is 2.25. The zero-order valence-electron chi connectivity index (χ0n) is 10.9. The van der Waals surface area contributed by atoms with Crippen molar-refractivity contribution in [1.29, 1.82) is 0 Å². The first-order valence-electron chi connectivity index (χ1n) is 6.34. The summed E-state index contributed by atoms with van der Waals surface area (Å²) < 4.78 is 0. The third-order valence-electron chi connectivity index (χ3n) is 3.26. The van der Waals surface area contributed by atoms with Gasteiger partial charge in [-0.25, -0.2) is 0 Å². The fourth-order valence-electron chi connectivity index (χ4n) is 2.15. The van der Waals surface area contributed by atoms with Crippen LogP contribution in [0.4, 0.5) is 0 Å². The molecule has 3 heteroatoms. The van der Waals surface area contributed by atoms with Gasteiger partial charge in [-0.15, -0.1) is 11.3 Å². The lowest BCUT2D eigenvalue weighted by Crippen LogP contribution is -2.34. The van der Waals surface area contributed by atoms with Crippen LogP contribution in [-0.4, -0.2) is 18.9 Å². The summed E-state index contributed by atoms with van der Waals surface area (Å²) in [7, 11) is 0. The molecule has 2 nitrogen and oxygen atoms in total. The van der Waals surface area contributed by atoms with E-state index in [0.717, 1.165) is 30.8 Å². The van der Waals surface area contributed by atoms with E-state index >= 15 is 0 Å². The topological polar surface area (TPSA) is 29.1 Å². The highest BCUT2D eigenvalue weighted by Crippen LogP contribution is 2.31. The van der Waals surface area contributed by atoms with Gasteiger partial charge in [0.2, 0.25) is 0 Å². The number of Topliss-reactive ketones (excluding diaryl/α,β-unsaturated/α-hetero) is 1. The van der Waals surface area contributed by atoms with Crippen molar-refractivity contribution in [3.8, 4) is 0 Å². The minimum atomic E-state index is 0.147. The minimum Gasteiger partial charge on any atom is -0.316 e. The number of hydrogen-bond acceptors (Lipinski definition) is 3. The zero-order valence-corrected chi connectivity index (χ0v) is 11.7. The maximum absolute atomic E-state index is 12.3. The average molecular weight is 251 g/mol. The first-order chi connectivity index (χ1) is 7.98. The molecule has 17 heavy (non-hydrogen) atoms. The van der Waals surface area contributed by atoms with Crippen LogP contribution in [0.3, 0.4) is 0 Å². The van der Waals surface area contributed by atoms with Gasteiger partial charge >= 0.3 is 0 Å². The van der Waals surface area contributed by atoms with Crippen molar-refractivity contribution in [3.63, 3.8) is 0 Å². The number of piperidine rings is 1. The number of carbonyl (C=O) groups is 1. The third-order valence-corrected chi connectivity index (χ3v) is 4.78. The van der Waals surface area contributed by atoms with Crippen LogP contribution in [0.15, 0.2) is 12.1 Å². The van der Waals surface area contributed by atoms with Gasteiger partial charge in [0.15, 0.2) is 5.78 Å². The van der Waals surface area contributed by atoms with E-state index in [-0.39, 0.29) is 11.3 Å². The number of nitrogens with one attached hydrogen (secondary N) is 1. The fourth-order valence-corrected chi connectivity index (χ4v) is 3.23. The standard InChI is InChI=1S/C14H21NOS/c1-14(2,3)12-7-6-11(17-12)13(16)10-5-4-8-15-9-10/h6-7,10,15H,4-5,8-9H2,1-3H3. The van der Waals surface area contributed by atoms with E-state index in [2.05, 4.69) is 32.2 Å². The van der Waals surface area contributed by atoms with Crippen LogP contribution in [0.5, 0.6) is 0 Å². The molecule has 94 valence electrons. The Balaban J connectivity index is 2.11. The predicted octanol–water partition coefficient (Wildman–Crippen LogP) is 3.23. The third kappa shape index (κ3) is 2.96. The van der Waals surface area contributed by atoms with E-state index in [1.165, 1.54) is 4.88 Å². The molecule has 0 radical (unpaired) electrons. The summed E-state index contributed by atoms with van der Waals surface area (Å²) in [5, 5.41) is 3.31. The van der Waals surface area contributed by atoms with Crippen LogP contribution in [-0.2, 0) is 5.41 Å². The van der Waals surface area contributed by atoms with E-state index in [9.17, 15) is 4.79 Å². The molecule has 1 saturated heterocycles. The van der Waals surface area contributed by atoms with Crippen molar-refractivity contribution < 1.29 is 4.79 Å². The molecule has 2 rings (SSSR count). The number of hydrogen-bond donors (Lipinski definition) is 1. The molecule has 1 atom stereocenters. The molecule has 0 amide bonds. The lowest BCUT2D eigenvalue weighted by Gasteiger charge is -2.21. The molecule has 0 saturated carbocycles. The van der Waals surface area contributed by atoms with Gasteiger partial charge < -0.3 is 5.32 Å². The van der Waals surface area contributed by atoms with Gasteiger partial charge in [0.25, 0.3) is 0 Å². The Hall–Kier alpha value is -0.670. The molecular formula is C14H21NOS. The first kappa shape index (κ1) is 12.8. The Morgan fingerprint density at radius 1 is 1.41 bits per heavy atom. The molecule has 1 N–H and O–H groups in total. The summed E-state index contributed by atoms with van der Waals surface area (Å²) in [6.07, 6.45) is 2.16. The average Bonchev–Trinajstić information content (AvgIpc) is 2.78. The molecule has 1 unspecified atom stereocenters. The maximum Gasteiger partial charge on any atom is 0.177 e. The molecule has 0 spiro atoms. The summed E-state index contributed by atoms with van der Waals surface area (Å²) in [6, 6.07) is 4.11. The van der Waals surface area contributed by atoms with Crippen molar-refractivity contribution in [2.24, 2.45) is 5.92 Å². The van der Waals surface area contributed by atoms with Crippen LogP contribution < -0.4 is 5.32 Å². The molecule has 1 fully saturated rings. The molecule has 1 aliphatic rings. The molecule has 0 bridgehead atoms. The number of rotatable bonds is 2. The van der Waals surface area contributed by atoms with E-state index < -0.39 is 0 Å². The molecule has 1 aromatic rings. The summed E-state index contributed by atoms with van der Waals surface area (Å²) in [4.78, 5) is 14.5. The highest BCUT2D eigenvalue weighted by molar-refractivity contribution is 7.14. The lowest BCUT2D eigenvalue weighted by atomic mass is 9.93. The lowest BCUT2D eigenvalue weighted by molar-refractivity contribution is 0.0904. The summed E-state index contributed by atoms with van der Waals surface area (Å²) in [5.74, 6) is 0.521. The Labute approximate surface area is 107 Å². The Morgan fingerprint density at radius 3 is 2.71 bits per heavy atom. The summed E-state index contributed by atoms with van der Waals surface area (Å²) >= 11 is 1.66. The van der Waals surface area contributed by atoms with Gasteiger partial charge in [0.05, 0.1) is 4.88 Å². The second kappa shape index (κ2) is 4.91. The molecule has 2 heterocycles. The van der Waals surface area contributed by atoms with Crippen LogP contribution >= 0.6 is 11.3 Å². The van der Waals surface area contributed by atoms with Crippen LogP contribution in [0.25, 0.3) is 0 Å². The first-order valence-corrected chi connectivity index (χ1v) is 7.15. The Kier molecular flexibility index (Phi) is 3.69. The number of ketones is 1. The monoisotopic (exact) mass is 251 g/mol. The molecule has 0 aliphatic carbocycles. The molecule has 1 aromatic heterocycles. The SMILES string of the molecule is CC(C)(C)c1ccc(C(=O)C2CCCNC2)s1. The summed E-state index contributed by atoms with van der Waals surface area (Å²) in [6.45, 7) is 8.48. The quantitative estimate of drug-likeness (QED) is 0.818. The zero-order chi connectivity index (χ0) is 12.5. The van der Waals surface area contributed by atoms with Crippen molar-refractivity contribution in [2.45, 2.75) is 39.0 Å². The normalized spacial score (nSPS) is 21.5. The van der Waals surface area contributed by atoms with Gasteiger partial charge in [-0.1, -0.05) is 20.8 Å². The maximum atomic E-state index is 12.3. The molecular weight excluding hydrogens is 230 g/mol. The van der Waals surface area contributed by atoms with Gasteiger partial charge in [0, 0.05) is 17.3 Å². The molecule has 1 aliphatic heterocycles. The van der Waals surface area contributed by atoms with E-state index in [0.29, 0.717) is 5.78 Å². The predicted molar refractivity (Wildman–Crippen MR) is 72.9 cm³/mol. The molecule has 0 aromatic carbocycles. The van der Waals surface area contributed by atoms with Gasteiger partial charge in [-0.05, 0) is 36.9 Å². The largest absolute Gasteiger partial charge is 0.316 e. The van der Waals surface area contributed by atoms with Gasteiger partial charge in [0.1, 0.15) is 0 Å². The van der Waals surface area contributed by atoms with Crippen molar-refractivity contribution in [1.82, 2.24) is 5.32 Å². The fraction of sp³-hybridized carbons (Fsp3) is 0.643. The minimum absolute atomic E-state index is 0.147. The van der Waals surface area contributed by atoms with Crippen LogP contribution in [0.1, 0.15) is 48.2 Å². The Morgan fingerprint density at radius 2 is 2.18 bits per heavy atom. The smallest absolute Gasteiger partial charge is 0.177 e.